The number of rotatable bonds is 0. The second-order valence-corrected chi connectivity index (χ2v) is 5.44. The molecule has 14 heavy (non-hydrogen) atoms. The van der Waals surface area contributed by atoms with E-state index in [0.717, 1.165) is 6.42 Å². The maximum atomic E-state index is 4.21. The quantitative estimate of drug-likeness (QED) is 0.522. The summed E-state index contributed by atoms with van der Waals surface area (Å²) < 4.78 is 0. The summed E-state index contributed by atoms with van der Waals surface area (Å²) >= 11 is 0. The van der Waals surface area contributed by atoms with Crippen molar-refractivity contribution in [2.75, 3.05) is 0 Å². The molecular formula is C14H22. The van der Waals surface area contributed by atoms with E-state index in [1.807, 2.05) is 0 Å². The van der Waals surface area contributed by atoms with Gasteiger partial charge < -0.3 is 0 Å². The Morgan fingerprint density at radius 3 is 1.93 bits per heavy atom. The van der Waals surface area contributed by atoms with Gasteiger partial charge in [-0.05, 0) is 54.9 Å². The summed E-state index contributed by atoms with van der Waals surface area (Å²) in [6, 6.07) is 0. The highest BCUT2D eigenvalue weighted by Crippen LogP contribution is 2.41. The van der Waals surface area contributed by atoms with Gasteiger partial charge in [0.25, 0.3) is 0 Å². The molecule has 0 aromatic heterocycles. The Morgan fingerprint density at radius 1 is 1.00 bits per heavy atom. The molecule has 0 spiro atoms. The van der Waals surface area contributed by atoms with Gasteiger partial charge in [-0.15, -0.1) is 0 Å². The predicted octanol–water partition coefficient (Wildman–Crippen LogP) is 4.65. The van der Waals surface area contributed by atoms with Crippen LogP contribution in [0.15, 0.2) is 34.4 Å². The van der Waals surface area contributed by atoms with Gasteiger partial charge in [0.15, 0.2) is 0 Å². The second-order valence-electron chi connectivity index (χ2n) is 5.44. The van der Waals surface area contributed by atoms with Crippen molar-refractivity contribution in [1.82, 2.24) is 0 Å². The zero-order valence-corrected chi connectivity index (χ0v) is 10.4. The minimum atomic E-state index is 0.225. The molecule has 0 aliphatic heterocycles. The molecule has 0 aromatic carbocycles. The molecule has 0 aromatic rings. The molecule has 0 heteroatoms. The molecule has 1 rings (SSSR count). The molecule has 0 fully saturated rings. The molecule has 0 unspecified atom stereocenters. The lowest BCUT2D eigenvalue weighted by atomic mass is 9.73. The van der Waals surface area contributed by atoms with Crippen LogP contribution in [0.2, 0.25) is 0 Å². The molecule has 0 heterocycles. The average molecular weight is 190 g/mol. The van der Waals surface area contributed by atoms with Crippen molar-refractivity contribution in [3.05, 3.63) is 34.4 Å². The van der Waals surface area contributed by atoms with Crippen molar-refractivity contribution in [1.29, 1.82) is 0 Å². The van der Waals surface area contributed by atoms with Gasteiger partial charge >= 0.3 is 0 Å². The van der Waals surface area contributed by atoms with E-state index in [2.05, 4.69) is 48.1 Å². The van der Waals surface area contributed by atoms with Crippen molar-refractivity contribution >= 4 is 0 Å². The number of allylic oxidation sites excluding steroid dienone is 5. The maximum absolute atomic E-state index is 4.21. The van der Waals surface area contributed by atoms with Gasteiger partial charge in [-0.1, -0.05) is 32.9 Å². The van der Waals surface area contributed by atoms with E-state index in [-0.39, 0.29) is 5.41 Å². The first-order valence-corrected chi connectivity index (χ1v) is 5.31. The molecule has 0 amide bonds. The highest BCUT2D eigenvalue weighted by Gasteiger charge is 2.25. The Morgan fingerprint density at radius 2 is 1.50 bits per heavy atom. The van der Waals surface area contributed by atoms with Gasteiger partial charge in [0.05, 0.1) is 0 Å². The largest absolute Gasteiger partial charge is 0.0952 e. The van der Waals surface area contributed by atoms with Crippen LogP contribution in [-0.2, 0) is 0 Å². The predicted molar refractivity (Wildman–Crippen MR) is 64.3 cm³/mol. The van der Waals surface area contributed by atoms with Crippen LogP contribution >= 0.6 is 0 Å². The molecule has 0 saturated heterocycles. The van der Waals surface area contributed by atoms with Crippen LogP contribution in [0.4, 0.5) is 0 Å². The summed E-state index contributed by atoms with van der Waals surface area (Å²) in [6.45, 7) is 17.7. The summed E-state index contributed by atoms with van der Waals surface area (Å²) in [6.07, 6.45) is 1.05. The summed E-state index contributed by atoms with van der Waals surface area (Å²) in [5.74, 6) is 0. The van der Waals surface area contributed by atoms with E-state index in [0.29, 0.717) is 0 Å². The molecular weight excluding hydrogens is 168 g/mol. The number of hydrogen-bond acceptors (Lipinski definition) is 0. The lowest BCUT2D eigenvalue weighted by molar-refractivity contribution is 0.501. The summed E-state index contributed by atoms with van der Waals surface area (Å²) in [5, 5.41) is 0. The normalized spacial score (nSPS) is 19.4. The van der Waals surface area contributed by atoms with Gasteiger partial charge in [-0.2, -0.15) is 0 Å². The van der Waals surface area contributed by atoms with Gasteiger partial charge in [0, 0.05) is 0 Å². The van der Waals surface area contributed by atoms with E-state index in [4.69, 9.17) is 0 Å². The van der Waals surface area contributed by atoms with Crippen LogP contribution in [0.1, 0.15) is 48.0 Å². The molecule has 0 N–H and O–H groups in total. The van der Waals surface area contributed by atoms with Crippen LogP contribution in [0, 0.1) is 5.41 Å². The standard InChI is InChI=1S/C14H22/c1-9-8-10(2)13(14(5,6)7)12(4)11(9)3/h2,8H2,1,3-7H3. The monoisotopic (exact) mass is 190 g/mol. The fraction of sp³-hybridized carbons (Fsp3) is 0.571. The highest BCUT2D eigenvalue weighted by atomic mass is 14.3. The summed E-state index contributed by atoms with van der Waals surface area (Å²) in [7, 11) is 0. The molecule has 78 valence electrons. The van der Waals surface area contributed by atoms with Gasteiger partial charge in [0.2, 0.25) is 0 Å². The first-order valence-electron chi connectivity index (χ1n) is 5.31. The second kappa shape index (κ2) is 3.42. The minimum absolute atomic E-state index is 0.225. The Kier molecular flexibility index (Phi) is 2.76. The molecule has 1 aliphatic rings. The van der Waals surface area contributed by atoms with Crippen molar-refractivity contribution in [3.63, 3.8) is 0 Å². The van der Waals surface area contributed by atoms with E-state index in [9.17, 15) is 0 Å². The van der Waals surface area contributed by atoms with E-state index >= 15 is 0 Å². The molecule has 0 saturated carbocycles. The SMILES string of the molecule is C=C1CC(C)=C(C)C(C)=C1C(C)(C)C. The fourth-order valence-electron chi connectivity index (χ4n) is 2.41. The summed E-state index contributed by atoms with van der Waals surface area (Å²) in [4.78, 5) is 0. The first kappa shape index (κ1) is 11.3. The molecule has 1 aliphatic carbocycles. The van der Waals surface area contributed by atoms with Crippen LogP contribution in [0.25, 0.3) is 0 Å². The van der Waals surface area contributed by atoms with Crippen molar-refractivity contribution in [2.45, 2.75) is 48.0 Å². The highest BCUT2D eigenvalue weighted by molar-refractivity contribution is 5.52. The Balaban J connectivity index is 3.33. The average Bonchev–Trinajstić information content (AvgIpc) is 1.97. The third-order valence-electron chi connectivity index (χ3n) is 3.16. The van der Waals surface area contributed by atoms with E-state index in [1.54, 1.807) is 0 Å². The Hall–Kier alpha value is -0.780. The molecule has 0 nitrogen and oxygen atoms in total. The van der Waals surface area contributed by atoms with Crippen molar-refractivity contribution in [2.24, 2.45) is 5.41 Å². The summed E-state index contributed by atoms with van der Waals surface area (Å²) in [5.41, 5.74) is 7.36. The fourth-order valence-corrected chi connectivity index (χ4v) is 2.41. The zero-order valence-electron chi connectivity index (χ0n) is 10.4. The van der Waals surface area contributed by atoms with Crippen molar-refractivity contribution < 1.29 is 0 Å². The Labute approximate surface area is 88.4 Å². The van der Waals surface area contributed by atoms with Crippen molar-refractivity contribution in [3.8, 4) is 0 Å². The smallest absolute Gasteiger partial charge is 0.00669 e. The maximum Gasteiger partial charge on any atom is -0.00669 e. The van der Waals surface area contributed by atoms with Crippen LogP contribution in [-0.4, -0.2) is 0 Å². The molecule has 0 bridgehead atoms. The topological polar surface area (TPSA) is 0 Å². The molecule has 0 atom stereocenters. The van der Waals surface area contributed by atoms with E-state index < -0.39 is 0 Å². The zero-order chi connectivity index (χ0) is 11.1. The first-order chi connectivity index (χ1) is 6.25. The van der Waals surface area contributed by atoms with Gasteiger partial charge in [0.1, 0.15) is 0 Å². The lowest BCUT2D eigenvalue weighted by Gasteiger charge is -2.32. The third-order valence-corrected chi connectivity index (χ3v) is 3.16. The number of hydrogen-bond donors (Lipinski definition) is 0. The molecule has 0 radical (unpaired) electrons. The van der Waals surface area contributed by atoms with Crippen LogP contribution in [0.3, 0.4) is 0 Å². The van der Waals surface area contributed by atoms with Crippen LogP contribution < -0.4 is 0 Å². The third kappa shape index (κ3) is 1.84. The van der Waals surface area contributed by atoms with E-state index in [1.165, 1.54) is 27.9 Å². The Bertz CT molecular complexity index is 330. The van der Waals surface area contributed by atoms with Gasteiger partial charge in [-0.25, -0.2) is 0 Å². The minimum Gasteiger partial charge on any atom is -0.0952 e. The van der Waals surface area contributed by atoms with Gasteiger partial charge in [-0.3, -0.25) is 0 Å². The van der Waals surface area contributed by atoms with Crippen LogP contribution in [0.5, 0.6) is 0 Å². The lowest BCUT2D eigenvalue weighted by Crippen LogP contribution is -2.17.